The number of rotatable bonds is 5. The molecule has 0 aliphatic carbocycles. The molecular formula is C23H19FN2O4. The second-order valence-corrected chi connectivity index (χ2v) is 6.72. The molecule has 2 aromatic carbocycles. The lowest BCUT2D eigenvalue weighted by Gasteiger charge is -2.28. The van der Waals surface area contributed by atoms with E-state index >= 15 is 0 Å². The van der Waals surface area contributed by atoms with E-state index in [1.54, 1.807) is 42.6 Å². The van der Waals surface area contributed by atoms with Crippen LogP contribution in [-0.2, 0) is 4.74 Å². The van der Waals surface area contributed by atoms with Crippen LogP contribution in [0.5, 0.6) is 5.75 Å². The number of carbonyl (C=O) groups is 2. The minimum atomic E-state index is -0.526. The summed E-state index contributed by atoms with van der Waals surface area (Å²) in [6.45, 7) is 2.46. The molecule has 30 heavy (non-hydrogen) atoms. The molecule has 4 rings (SSSR count). The summed E-state index contributed by atoms with van der Waals surface area (Å²) >= 11 is 0. The standard InChI is InChI=1S/C23H19FN2O4/c24-18-7-3-16(4-8-18)21(27)17-5-9-19(10-6-17)30-23(28)20-2-1-11-25-22(20)26-12-14-29-15-13-26/h1-11H,12-15H2. The zero-order chi connectivity index (χ0) is 20.9. The molecule has 0 unspecified atom stereocenters. The molecular weight excluding hydrogens is 387 g/mol. The van der Waals surface area contributed by atoms with Crippen molar-refractivity contribution >= 4 is 17.6 Å². The maximum Gasteiger partial charge on any atom is 0.347 e. The Kier molecular flexibility index (Phi) is 5.81. The molecule has 0 spiro atoms. The lowest BCUT2D eigenvalue weighted by Crippen LogP contribution is -2.37. The van der Waals surface area contributed by atoms with E-state index < -0.39 is 11.8 Å². The van der Waals surface area contributed by atoms with Gasteiger partial charge in [0, 0.05) is 30.4 Å². The van der Waals surface area contributed by atoms with Gasteiger partial charge in [0.1, 0.15) is 22.9 Å². The number of anilines is 1. The maximum absolute atomic E-state index is 13.0. The third-order valence-electron chi connectivity index (χ3n) is 4.75. The molecule has 1 saturated heterocycles. The highest BCUT2D eigenvalue weighted by molar-refractivity contribution is 6.09. The fraction of sp³-hybridized carbons (Fsp3) is 0.174. The van der Waals surface area contributed by atoms with Gasteiger partial charge in [0.05, 0.1) is 13.2 Å². The Morgan fingerprint density at radius 1 is 0.933 bits per heavy atom. The topological polar surface area (TPSA) is 68.7 Å². The van der Waals surface area contributed by atoms with Gasteiger partial charge in [0.2, 0.25) is 0 Å². The van der Waals surface area contributed by atoms with Crippen LogP contribution < -0.4 is 9.64 Å². The van der Waals surface area contributed by atoms with Gasteiger partial charge in [-0.15, -0.1) is 0 Å². The highest BCUT2D eigenvalue weighted by atomic mass is 19.1. The smallest absolute Gasteiger partial charge is 0.347 e. The summed E-state index contributed by atoms with van der Waals surface area (Å²) in [4.78, 5) is 31.5. The molecule has 0 saturated carbocycles. The number of halogens is 1. The van der Waals surface area contributed by atoms with Crippen LogP contribution in [0.4, 0.5) is 10.2 Å². The summed E-state index contributed by atoms with van der Waals surface area (Å²) in [5, 5.41) is 0. The summed E-state index contributed by atoms with van der Waals surface area (Å²) < 4.78 is 23.9. The highest BCUT2D eigenvalue weighted by Gasteiger charge is 2.21. The van der Waals surface area contributed by atoms with Crippen molar-refractivity contribution in [2.45, 2.75) is 0 Å². The van der Waals surface area contributed by atoms with E-state index in [9.17, 15) is 14.0 Å². The summed E-state index contributed by atoms with van der Waals surface area (Å²) in [6, 6.07) is 15.0. The van der Waals surface area contributed by atoms with Crippen molar-refractivity contribution in [1.82, 2.24) is 4.98 Å². The second kappa shape index (κ2) is 8.84. The zero-order valence-electron chi connectivity index (χ0n) is 16.1. The Labute approximate surface area is 172 Å². The van der Waals surface area contributed by atoms with Gasteiger partial charge in [0.25, 0.3) is 0 Å². The number of hydrogen-bond donors (Lipinski definition) is 0. The fourth-order valence-corrected chi connectivity index (χ4v) is 3.19. The van der Waals surface area contributed by atoms with Crippen molar-refractivity contribution in [3.63, 3.8) is 0 Å². The number of hydrogen-bond acceptors (Lipinski definition) is 6. The molecule has 2 heterocycles. The molecule has 0 atom stereocenters. The predicted molar refractivity (Wildman–Crippen MR) is 109 cm³/mol. The number of esters is 1. The van der Waals surface area contributed by atoms with E-state index in [1.165, 1.54) is 24.3 Å². The van der Waals surface area contributed by atoms with Gasteiger partial charge in [0.15, 0.2) is 5.78 Å². The largest absolute Gasteiger partial charge is 0.423 e. The van der Waals surface area contributed by atoms with E-state index in [4.69, 9.17) is 9.47 Å². The summed E-state index contributed by atoms with van der Waals surface area (Å²) in [6.07, 6.45) is 1.64. The van der Waals surface area contributed by atoms with Gasteiger partial charge in [-0.1, -0.05) is 0 Å². The molecule has 0 amide bonds. The van der Waals surface area contributed by atoms with Crippen molar-refractivity contribution in [2.75, 3.05) is 31.2 Å². The van der Waals surface area contributed by atoms with E-state index in [0.29, 0.717) is 54.6 Å². The third-order valence-corrected chi connectivity index (χ3v) is 4.75. The van der Waals surface area contributed by atoms with E-state index in [-0.39, 0.29) is 5.78 Å². The van der Waals surface area contributed by atoms with Crippen molar-refractivity contribution in [1.29, 1.82) is 0 Å². The van der Waals surface area contributed by atoms with Gasteiger partial charge < -0.3 is 14.4 Å². The van der Waals surface area contributed by atoms with Crippen LogP contribution in [0, 0.1) is 5.82 Å². The number of nitrogens with zero attached hydrogens (tertiary/aromatic N) is 2. The molecule has 6 nitrogen and oxygen atoms in total. The van der Waals surface area contributed by atoms with E-state index in [1.807, 2.05) is 4.90 Å². The molecule has 1 aliphatic rings. The van der Waals surface area contributed by atoms with Crippen molar-refractivity contribution in [3.8, 4) is 5.75 Å². The Morgan fingerprint density at radius 2 is 1.57 bits per heavy atom. The predicted octanol–water partition coefficient (Wildman–Crippen LogP) is 3.51. The first-order valence-electron chi connectivity index (χ1n) is 9.52. The molecule has 0 N–H and O–H groups in total. The Morgan fingerprint density at radius 3 is 2.23 bits per heavy atom. The number of morpholine rings is 1. The lowest BCUT2D eigenvalue weighted by atomic mass is 10.0. The highest BCUT2D eigenvalue weighted by Crippen LogP contribution is 2.22. The molecule has 1 aromatic heterocycles. The molecule has 0 bridgehead atoms. The first-order chi connectivity index (χ1) is 14.6. The molecule has 0 radical (unpaired) electrons. The third kappa shape index (κ3) is 4.36. The van der Waals surface area contributed by atoms with Crippen LogP contribution in [0.2, 0.25) is 0 Å². The number of benzene rings is 2. The van der Waals surface area contributed by atoms with Crippen molar-refractivity contribution in [2.24, 2.45) is 0 Å². The second-order valence-electron chi connectivity index (χ2n) is 6.72. The molecule has 7 heteroatoms. The molecule has 3 aromatic rings. The number of carbonyl (C=O) groups excluding carboxylic acids is 2. The molecule has 1 fully saturated rings. The van der Waals surface area contributed by atoms with Gasteiger partial charge in [-0.25, -0.2) is 14.2 Å². The maximum atomic E-state index is 13.0. The van der Waals surface area contributed by atoms with Crippen LogP contribution in [0.15, 0.2) is 66.9 Å². The number of ketones is 1. The van der Waals surface area contributed by atoms with Gasteiger partial charge >= 0.3 is 5.97 Å². The number of ether oxygens (including phenoxy) is 2. The quantitative estimate of drug-likeness (QED) is 0.367. The van der Waals surface area contributed by atoms with Crippen LogP contribution in [-0.4, -0.2) is 43.0 Å². The SMILES string of the molecule is O=C(c1ccc(F)cc1)c1ccc(OC(=O)c2cccnc2N2CCOCC2)cc1. The van der Waals surface area contributed by atoms with Gasteiger partial charge in [-0.05, 0) is 60.7 Å². The first-order valence-corrected chi connectivity index (χ1v) is 9.52. The van der Waals surface area contributed by atoms with E-state index in [2.05, 4.69) is 4.98 Å². The monoisotopic (exact) mass is 406 g/mol. The Hall–Kier alpha value is -3.58. The molecule has 152 valence electrons. The summed E-state index contributed by atoms with van der Waals surface area (Å²) in [5.74, 6) is -0.293. The Bertz CT molecular complexity index is 1050. The van der Waals surface area contributed by atoms with Crippen LogP contribution in [0.3, 0.4) is 0 Å². The van der Waals surface area contributed by atoms with Crippen molar-refractivity contribution < 1.29 is 23.5 Å². The zero-order valence-corrected chi connectivity index (χ0v) is 16.1. The van der Waals surface area contributed by atoms with Gasteiger partial charge in [-0.3, -0.25) is 4.79 Å². The average molecular weight is 406 g/mol. The van der Waals surface area contributed by atoms with Gasteiger partial charge in [-0.2, -0.15) is 0 Å². The van der Waals surface area contributed by atoms with Crippen LogP contribution in [0.25, 0.3) is 0 Å². The average Bonchev–Trinajstić information content (AvgIpc) is 2.80. The van der Waals surface area contributed by atoms with E-state index in [0.717, 1.165) is 0 Å². The minimum absolute atomic E-state index is 0.241. The van der Waals surface area contributed by atoms with Crippen LogP contribution in [0.1, 0.15) is 26.3 Å². The number of pyridine rings is 1. The minimum Gasteiger partial charge on any atom is -0.423 e. The van der Waals surface area contributed by atoms with Crippen LogP contribution >= 0.6 is 0 Å². The van der Waals surface area contributed by atoms with Crippen molar-refractivity contribution in [3.05, 3.63) is 89.4 Å². The first kappa shape index (κ1) is 19.7. The lowest BCUT2D eigenvalue weighted by molar-refractivity contribution is 0.0733. The number of aromatic nitrogens is 1. The summed E-state index contributed by atoms with van der Waals surface area (Å²) in [7, 11) is 0. The molecule has 1 aliphatic heterocycles. The fourth-order valence-electron chi connectivity index (χ4n) is 3.19. The normalized spacial score (nSPS) is 13.7. The summed E-state index contributed by atoms with van der Waals surface area (Å²) in [5.41, 5.74) is 1.16. The Balaban J connectivity index is 1.48.